The maximum atomic E-state index is 12.2. The number of benzene rings is 2. The maximum absolute atomic E-state index is 12.2. The summed E-state index contributed by atoms with van der Waals surface area (Å²) in [5.74, 6) is 1.03. The molecular formula is C18H18N2O7. The monoisotopic (exact) mass is 374 g/mol. The Kier molecular flexibility index (Phi) is 5.13. The highest BCUT2D eigenvalue weighted by Gasteiger charge is 2.35. The van der Waals surface area contributed by atoms with E-state index in [4.69, 9.17) is 19.0 Å². The van der Waals surface area contributed by atoms with Gasteiger partial charge in [0.2, 0.25) is 0 Å². The summed E-state index contributed by atoms with van der Waals surface area (Å²) >= 11 is 0. The summed E-state index contributed by atoms with van der Waals surface area (Å²) in [5.41, 5.74) is 2.13. The third-order valence-electron chi connectivity index (χ3n) is 4.31. The van der Waals surface area contributed by atoms with Gasteiger partial charge >= 0.3 is 6.09 Å². The Morgan fingerprint density at radius 3 is 2.33 bits per heavy atom. The first kappa shape index (κ1) is 18.5. The van der Waals surface area contributed by atoms with Crippen molar-refractivity contribution < 1.29 is 28.8 Å². The number of fused-ring (bicyclic) bond motifs is 1. The third-order valence-corrected chi connectivity index (χ3v) is 4.31. The Morgan fingerprint density at radius 2 is 1.78 bits per heavy atom. The first-order valence-corrected chi connectivity index (χ1v) is 7.99. The van der Waals surface area contributed by atoms with Crippen LogP contribution in [0.4, 0.5) is 10.5 Å². The molecule has 1 heterocycles. The number of amides is 1. The maximum Gasteiger partial charge on any atom is 0.434 e. The van der Waals surface area contributed by atoms with Gasteiger partial charge in [0.1, 0.15) is 12.6 Å². The van der Waals surface area contributed by atoms with Crippen molar-refractivity contribution in [1.29, 1.82) is 0 Å². The van der Waals surface area contributed by atoms with E-state index in [1.807, 2.05) is 0 Å². The standard InChI is InChI=1S/C18H18N2O7/c1-24-15-8-12-10-27-19(18(21)26-3)17(14(12)9-16(15)25-2)11-4-6-13(7-5-11)20(22)23/h4-9,17H,10H2,1-3H3. The highest BCUT2D eigenvalue weighted by Crippen LogP contribution is 2.41. The van der Waals surface area contributed by atoms with Gasteiger partial charge in [-0.3, -0.25) is 15.0 Å². The molecule has 0 radical (unpaired) electrons. The number of nitro benzene ring substituents is 1. The largest absolute Gasteiger partial charge is 0.493 e. The fraction of sp³-hybridized carbons (Fsp3) is 0.278. The van der Waals surface area contributed by atoms with Crippen molar-refractivity contribution in [2.45, 2.75) is 12.6 Å². The molecule has 0 fully saturated rings. The zero-order chi connectivity index (χ0) is 19.6. The molecule has 1 atom stereocenters. The summed E-state index contributed by atoms with van der Waals surface area (Å²) in [6.45, 7) is 0.133. The van der Waals surface area contributed by atoms with E-state index in [2.05, 4.69) is 0 Å². The highest BCUT2D eigenvalue weighted by molar-refractivity contribution is 5.68. The summed E-state index contributed by atoms with van der Waals surface area (Å²) in [5, 5.41) is 12.0. The Morgan fingerprint density at radius 1 is 1.15 bits per heavy atom. The molecular weight excluding hydrogens is 356 g/mol. The van der Waals surface area contributed by atoms with Crippen molar-refractivity contribution in [3.05, 3.63) is 63.2 Å². The number of nitrogens with zero attached hydrogens (tertiary/aromatic N) is 2. The van der Waals surface area contributed by atoms with Crippen molar-refractivity contribution in [3.63, 3.8) is 0 Å². The lowest BCUT2D eigenvalue weighted by Crippen LogP contribution is -2.39. The molecule has 0 saturated heterocycles. The zero-order valence-electron chi connectivity index (χ0n) is 15.0. The fourth-order valence-electron chi connectivity index (χ4n) is 3.00. The topological polar surface area (TPSA) is 100 Å². The number of non-ortho nitro benzene ring substituents is 1. The Bertz CT molecular complexity index is 867. The van der Waals surface area contributed by atoms with E-state index in [0.29, 0.717) is 17.1 Å². The number of carbonyl (C=O) groups excluding carboxylic acids is 1. The first-order chi connectivity index (χ1) is 13.0. The van der Waals surface area contributed by atoms with E-state index in [0.717, 1.165) is 16.2 Å². The minimum Gasteiger partial charge on any atom is -0.493 e. The van der Waals surface area contributed by atoms with Gasteiger partial charge in [-0.2, -0.15) is 5.06 Å². The second-order valence-electron chi connectivity index (χ2n) is 5.73. The number of methoxy groups -OCH3 is 3. The van der Waals surface area contributed by atoms with Gasteiger partial charge in [0, 0.05) is 12.1 Å². The molecule has 1 aliphatic rings. The van der Waals surface area contributed by atoms with Crippen LogP contribution in [0.15, 0.2) is 36.4 Å². The summed E-state index contributed by atoms with van der Waals surface area (Å²) in [6, 6.07) is 8.78. The van der Waals surface area contributed by atoms with E-state index in [1.54, 1.807) is 24.3 Å². The van der Waals surface area contributed by atoms with Gasteiger partial charge in [-0.05, 0) is 41.0 Å². The van der Waals surface area contributed by atoms with E-state index in [-0.39, 0.29) is 12.3 Å². The third kappa shape index (κ3) is 3.36. The van der Waals surface area contributed by atoms with Crippen LogP contribution in [-0.4, -0.2) is 37.4 Å². The van der Waals surface area contributed by atoms with Crippen molar-refractivity contribution >= 4 is 11.8 Å². The number of ether oxygens (including phenoxy) is 3. The molecule has 9 nitrogen and oxygen atoms in total. The molecule has 0 bridgehead atoms. The molecule has 0 aliphatic carbocycles. The van der Waals surface area contributed by atoms with Crippen LogP contribution in [0.3, 0.4) is 0 Å². The van der Waals surface area contributed by atoms with Crippen LogP contribution in [0.5, 0.6) is 11.5 Å². The number of hydroxylamine groups is 2. The number of rotatable bonds is 4. The van der Waals surface area contributed by atoms with E-state index in [9.17, 15) is 14.9 Å². The quantitative estimate of drug-likeness (QED) is 0.598. The molecule has 0 aromatic heterocycles. The average Bonchev–Trinajstić information content (AvgIpc) is 2.71. The Balaban J connectivity index is 2.14. The Hall–Kier alpha value is -3.33. The second kappa shape index (κ2) is 7.50. The predicted octanol–water partition coefficient (Wildman–Crippen LogP) is 3.22. The molecule has 2 aromatic rings. The van der Waals surface area contributed by atoms with Crippen molar-refractivity contribution in [1.82, 2.24) is 5.06 Å². The minimum atomic E-state index is -0.682. The number of nitro groups is 1. The first-order valence-electron chi connectivity index (χ1n) is 7.99. The van der Waals surface area contributed by atoms with Crippen LogP contribution in [-0.2, 0) is 16.2 Å². The van der Waals surface area contributed by atoms with E-state index < -0.39 is 17.1 Å². The van der Waals surface area contributed by atoms with Crippen LogP contribution in [0.1, 0.15) is 22.7 Å². The number of carbonyl (C=O) groups is 1. The van der Waals surface area contributed by atoms with Gasteiger partial charge < -0.3 is 14.2 Å². The predicted molar refractivity (Wildman–Crippen MR) is 93.5 cm³/mol. The fourth-order valence-corrected chi connectivity index (χ4v) is 3.00. The van der Waals surface area contributed by atoms with Crippen molar-refractivity contribution in [2.24, 2.45) is 0 Å². The van der Waals surface area contributed by atoms with Gasteiger partial charge in [-0.1, -0.05) is 0 Å². The molecule has 142 valence electrons. The second-order valence-corrected chi connectivity index (χ2v) is 5.73. The molecule has 1 unspecified atom stereocenters. The molecule has 0 N–H and O–H groups in total. The molecule has 0 spiro atoms. The van der Waals surface area contributed by atoms with Gasteiger partial charge in [-0.25, -0.2) is 4.79 Å². The average molecular weight is 374 g/mol. The molecule has 9 heteroatoms. The van der Waals surface area contributed by atoms with E-state index in [1.165, 1.54) is 33.5 Å². The molecule has 27 heavy (non-hydrogen) atoms. The van der Waals surface area contributed by atoms with Crippen LogP contribution >= 0.6 is 0 Å². The summed E-state index contributed by atoms with van der Waals surface area (Å²) < 4.78 is 15.5. The smallest absolute Gasteiger partial charge is 0.434 e. The summed E-state index contributed by atoms with van der Waals surface area (Å²) in [6.07, 6.45) is -0.682. The number of hydrogen-bond acceptors (Lipinski definition) is 7. The van der Waals surface area contributed by atoms with Crippen LogP contribution in [0.25, 0.3) is 0 Å². The minimum absolute atomic E-state index is 0.0485. The van der Waals surface area contributed by atoms with Gasteiger partial charge in [0.05, 0.1) is 26.3 Å². The normalized spacial score (nSPS) is 15.7. The highest BCUT2D eigenvalue weighted by atomic mass is 16.7. The van der Waals surface area contributed by atoms with E-state index >= 15 is 0 Å². The lowest BCUT2D eigenvalue weighted by atomic mass is 9.92. The molecule has 1 amide bonds. The van der Waals surface area contributed by atoms with Crippen molar-refractivity contribution in [2.75, 3.05) is 21.3 Å². The van der Waals surface area contributed by atoms with Gasteiger partial charge in [-0.15, -0.1) is 0 Å². The summed E-state index contributed by atoms with van der Waals surface area (Å²) in [4.78, 5) is 28.3. The molecule has 2 aromatic carbocycles. The molecule has 1 aliphatic heterocycles. The van der Waals surface area contributed by atoms with Crippen molar-refractivity contribution in [3.8, 4) is 11.5 Å². The molecule has 0 saturated carbocycles. The van der Waals surface area contributed by atoms with Gasteiger partial charge in [0.15, 0.2) is 11.5 Å². The SMILES string of the molecule is COC(=O)N1OCc2cc(OC)c(OC)cc2C1c1ccc([N+](=O)[O-])cc1. The molecule has 3 rings (SSSR count). The lowest BCUT2D eigenvalue weighted by molar-refractivity contribution is -0.384. The van der Waals surface area contributed by atoms with Crippen LogP contribution < -0.4 is 9.47 Å². The van der Waals surface area contributed by atoms with Gasteiger partial charge in [0.25, 0.3) is 5.69 Å². The number of hydrogen-bond donors (Lipinski definition) is 0. The Labute approximate surface area is 155 Å². The van der Waals surface area contributed by atoms with Crippen LogP contribution in [0.2, 0.25) is 0 Å². The summed E-state index contributed by atoms with van der Waals surface area (Å²) in [7, 11) is 4.30. The lowest BCUT2D eigenvalue weighted by Gasteiger charge is -2.35. The zero-order valence-corrected chi connectivity index (χ0v) is 15.0. The van der Waals surface area contributed by atoms with Crippen LogP contribution in [0, 0.1) is 10.1 Å².